The van der Waals surface area contributed by atoms with E-state index in [1.807, 2.05) is 47.2 Å². The van der Waals surface area contributed by atoms with Crippen LogP contribution in [0.15, 0.2) is 43.4 Å². The van der Waals surface area contributed by atoms with Crippen LogP contribution >= 0.6 is 0 Å². The second-order valence-electron chi connectivity index (χ2n) is 10.7. The fourth-order valence-corrected chi connectivity index (χ4v) is 5.56. The number of H-pyrrole nitrogens is 1. The number of aromatic amines is 1. The Labute approximate surface area is 238 Å². The molecule has 1 saturated carbocycles. The Morgan fingerprint density at radius 3 is 2.66 bits per heavy atom. The zero-order valence-corrected chi connectivity index (χ0v) is 23.7. The summed E-state index contributed by atoms with van der Waals surface area (Å²) in [4.78, 5) is 33.5. The lowest BCUT2D eigenvalue weighted by Crippen LogP contribution is -2.41. The van der Waals surface area contributed by atoms with E-state index < -0.39 is 0 Å². The number of nitrogens with two attached hydrogens (primary N) is 1. The maximum Gasteiger partial charge on any atom is 0.291 e. The maximum absolute atomic E-state index is 13.2. The molecule has 12 nitrogen and oxygen atoms in total. The third-order valence-corrected chi connectivity index (χ3v) is 7.80. The molecule has 0 aliphatic heterocycles. The predicted octanol–water partition coefficient (Wildman–Crippen LogP) is 4.03. The van der Waals surface area contributed by atoms with Crippen LogP contribution in [0, 0.1) is 0 Å². The van der Waals surface area contributed by atoms with E-state index in [2.05, 4.69) is 44.1 Å². The summed E-state index contributed by atoms with van der Waals surface area (Å²) in [6.45, 7) is 4.84. The zero-order chi connectivity index (χ0) is 28.5. The van der Waals surface area contributed by atoms with Crippen LogP contribution in [0.1, 0.15) is 73.7 Å². The summed E-state index contributed by atoms with van der Waals surface area (Å²) >= 11 is 0. The standard InChI is InChI=1S/C29H35N11O/c1-4-12-39(29(41)27-32-16-34-37-27)20(5-2)9-11-23-25(18-6-7-18)26(30)40-28(36-23)21(14-35-40)19-8-10-22(31-13-19)24-15-38(3)17-33-24/h8,10,13-18,20H,4-7,9,11-12,30H2,1-3H3,(H,32,34,37)/t20-/m1/s1. The first-order valence-corrected chi connectivity index (χ1v) is 14.3. The molecular formula is C29H35N11O. The van der Waals surface area contributed by atoms with Gasteiger partial charge in [-0.15, -0.1) is 0 Å². The van der Waals surface area contributed by atoms with E-state index in [1.165, 1.54) is 6.33 Å². The van der Waals surface area contributed by atoms with E-state index in [-0.39, 0.29) is 17.8 Å². The molecule has 0 radical (unpaired) electrons. The number of hydrogen-bond donors (Lipinski definition) is 2. The van der Waals surface area contributed by atoms with Crippen molar-refractivity contribution >= 4 is 17.4 Å². The number of fused-ring (bicyclic) bond motifs is 1. The predicted molar refractivity (Wildman–Crippen MR) is 155 cm³/mol. The van der Waals surface area contributed by atoms with E-state index in [1.54, 1.807) is 10.8 Å². The minimum atomic E-state index is -0.124. The van der Waals surface area contributed by atoms with Gasteiger partial charge < -0.3 is 15.2 Å². The molecule has 0 bridgehead atoms. The van der Waals surface area contributed by atoms with Gasteiger partial charge in [0.25, 0.3) is 5.91 Å². The molecular weight excluding hydrogens is 518 g/mol. The summed E-state index contributed by atoms with van der Waals surface area (Å²) in [6.07, 6.45) is 14.1. The highest BCUT2D eigenvalue weighted by Gasteiger charge is 2.32. The molecule has 1 aliphatic carbocycles. The molecule has 1 fully saturated rings. The number of nitrogen functional groups attached to an aromatic ring is 1. The molecule has 1 aliphatic rings. The number of nitrogens with zero attached hydrogens (tertiary/aromatic N) is 9. The quantitative estimate of drug-likeness (QED) is 0.249. The average molecular weight is 554 g/mol. The van der Waals surface area contributed by atoms with Crippen LogP contribution in [0.3, 0.4) is 0 Å². The minimum absolute atomic E-state index is 0.0339. The second kappa shape index (κ2) is 11.1. The van der Waals surface area contributed by atoms with Gasteiger partial charge in [0.05, 0.1) is 23.9 Å². The lowest BCUT2D eigenvalue weighted by Gasteiger charge is -2.30. The number of carbonyl (C=O) groups excluding carboxylic acids is 1. The number of aromatic nitrogens is 9. The number of carbonyl (C=O) groups is 1. The highest BCUT2D eigenvalue weighted by molar-refractivity contribution is 5.90. The van der Waals surface area contributed by atoms with Crippen molar-refractivity contribution in [3.05, 3.63) is 60.5 Å². The number of amides is 1. The van der Waals surface area contributed by atoms with Gasteiger partial charge in [0.15, 0.2) is 5.65 Å². The average Bonchev–Trinajstić information content (AvgIpc) is 3.33. The Morgan fingerprint density at radius 1 is 1.17 bits per heavy atom. The summed E-state index contributed by atoms with van der Waals surface area (Å²) in [6, 6.07) is 4.01. The lowest BCUT2D eigenvalue weighted by molar-refractivity contribution is 0.0650. The van der Waals surface area contributed by atoms with Crippen molar-refractivity contribution in [2.45, 2.75) is 64.3 Å². The van der Waals surface area contributed by atoms with Crippen molar-refractivity contribution in [3.63, 3.8) is 0 Å². The van der Waals surface area contributed by atoms with E-state index in [4.69, 9.17) is 10.7 Å². The first-order valence-electron chi connectivity index (χ1n) is 14.3. The number of hydrogen-bond acceptors (Lipinski definition) is 8. The smallest absolute Gasteiger partial charge is 0.291 e. The molecule has 0 spiro atoms. The summed E-state index contributed by atoms with van der Waals surface area (Å²) in [5, 5.41) is 11.2. The maximum atomic E-state index is 13.2. The van der Waals surface area contributed by atoms with Crippen LogP contribution in [-0.4, -0.2) is 67.7 Å². The highest BCUT2D eigenvalue weighted by atomic mass is 16.2. The Balaban J connectivity index is 1.31. The summed E-state index contributed by atoms with van der Waals surface area (Å²) in [5.74, 6) is 1.19. The van der Waals surface area contributed by atoms with Crippen molar-refractivity contribution < 1.29 is 4.79 Å². The summed E-state index contributed by atoms with van der Waals surface area (Å²) in [7, 11) is 1.94. The van der Waals surface area contributed by atoms with Gasteiger partial charge >= 0.3 is 0 Å². The Kier molecular flexibility index (Phi) is 7.21. The van der Waals surface area contributed by atoms with E-state index >= 15 is 0 Å². The van der Waals surface area contributed by atoms with Gasteiger partial charge in [0.2, 0.25) is 5.82 Å². The topological polar surface area (TPSA) is 149 Å². The van der Waals surface area contributed by atoms with Gasteiger partial charge in [0.1, 0.15) is 17.8 Å². The van der Waals surface area contributed by atoms with Crippen LogP contribution in [0.5, 0.6) is 0 Å². The number of aryl methyl sites for hydroxylation is 2. The molecule has 0 unspecified atom stereocenters. The van der Waals surface area contributed by atoms with Crippen LogP contribution < -0.4 is 5.73 Å². The van der Waals surface area contributed by atoms with Crippen LogP contribution in [0.25, 0.3) is 28.2 Å². The SMILES string of the molecule is CCCN(C(=O)c1ncn[nH]1)[C@H](CC)CCc1nc2c(-c3ccc(-c4cn(C)cn4)nc3)cnn2c(N)c1C1CC1. The third kappa shape index (κ3) is 5.17. The number of pyridine rings is 1. The van der Waals surface area contributed by atoms with E-state index in [0.717, 1.165) is 65.9 Å². The number of imidazole rings is 1. The zero-order valence-electron chi connectivity index (χ0n) is 23.7. The van der Waals surface area contributed by atoms with E-state index in [9.17, 15) is 4.79 Å². The Morgan fingerprint density at radius 2 is 2.02 bits per heavy atom. The monoisotopic (exact) mass is 553 g/mol. The summed E-state index contributed by atoms with van der Waals surface area (Å²) < 4.78 is 3.66. The molecule has 3 N–H and O–H groups in total. The molecule has 1 atom stereocenters. The molecule has 5 aromatic heterocycles. The van der Waals surface area contributed by atoms with Crippen LogP contribution in [0.4, 0.5) is 5.82 Å². The van der Waals surface area contributed by atoms with Crippen molar-refractivity contribution in [2.75, 3.05) is 12.3 Å². The molecule has 12 heteroatoms. The van der Waals surface area contributed by atoms with Gasteiger partial charge in [-0.3, -0.25) is 14.9 Å². The van der Waals surface area contributed by atoms with Crippen LogP contribution in [-0.2, 0) is 13.5 Å². The fourth-order valence-electron chi connectivity index (χ4n) is 5.56. The largest absolute Gasteiger partial charge is 0.383 e. The minimum Gasteiger partial charge on any atom is -0.383 e. The highest BCUT2D eigenvalue weighted by Crippen LogP contribution is 2.45. The molecule has 1 amide bonds. The first-order chi connectivity index (χ1) is 20.0. The Bertz CT molecular complexity index is 1650. The number of nitrogens with one attached hydrogen (secondary N) is 1. The molecule has 0 saturated heterocycles. The van der Waals surface area contributed by atoms with Crippen molar-refractivity contribution in [3.8, 4) is 22.5 Å². The van der Waals surface area contributed by atoms with Gasteiger partial charge in [-0.25, -0.2) is 15.0 Å². The molecule has 212 valence electrons. The van der Waals surface area contributed by atoms with Crippen molar-refractivity contribution in [1.29, 1.82) is 0 Å². The molecule has 0 aromatic carbocycles. The molecule has 5 aromatic rings. The van der Waals surface area contributed by atoms with Gasteiger partial charge in [-0.1, -0.05) is 19.9 Å². The van der Waals surface area contributed by atoms with Crippen LogP contribution in [0.2, 0.25) is 0 Å². The fraction of sp³-hybridized carbons (Fsp3) is 0.414. The van der Waals surface area contributed by atoms with Gasteiger partial charge in [-0.2, -0.15) is 14.7 Å². The van der Waals surface area contributed by atoms with Crippen molar-refractivity contribution in [1.82, 2.24) is 49.2 Å². The third-order valence-electron chi connectivity index (χ3n) is 7.80. The van der Waals surface area contributed by atoms with Crippen molar-refractivity contribution in [2.24, 2.45) is 7.05 Å². The number of anilines is 1. The van der Waals surface area contributed by atoms with Gasteiger partial charge in [-0.05, 0) is 50.5 Å². The molecule has 41 heavy (non-hydrogen) atoms. The van der Waals surface area contributed by atoms with E-state index in [0.29, 0.717) is 30.3 Å². The summed E-state index contributed by atoms with van der Waals surface area (Å²) in [5.41, 5.74) is 13.0. The lowest BCUT2D eigenvalue weighted by atomic mass is 10.00. The first kappa shape index (κ1) is 26.6. The molecule has 6 rings (SSSR count). The normalized spacial score (nSPS) is 14.0. The second-order valence-corrected chi connectivity index (χ2v) is 10.7. The number of rotatable bonds is 11. The Hall–Kier alpha value is -4.61. The van der Waals surface area contributed by atoms with Gasteiger partial charge in [0, 0.05) is 48.7 Å². The molecule has 5 heterocycles.